The number of alkyl carbamates (subject to hydrolysis) is 1. The summed E-state index contributed by atoms with van der Waals surface area (Å²) in [6, 6.07) is 14.4. The molecule has 3 aromatic rings. The second kappa shape index (κ2) is 13.1. The lowest BCUT2D eigenvalue weighted by atomic mass is 9.96. The van der Waals surface area contributed by atoms with Crippen LogP contribution in [0, 0.1) is 11.6 Å². The van der Waals surface area contributed by atoms with E-state index < -0.39 is 69.3 Å². The van der Waals surface area contributed by atoms with Gasteiger partial charge in [-0.25, -0.2) is 22.0 Å². The zero-order valence-electron chi connectivity index (χ0n) is 24.4. The van der Waals surface area contributed by atoms with Crippen molar-refractivity contribution in [1.82, 2.24) is 19.4 Å². The Morgan fingerprint density at radius 1 is 0.978 bits per heavy atom. The molecule has 3 atom stereocenters. The summed E-state index contributed by atoms with van der Waals surface area (Å²) in [5.41, 5.74) is 1.32. The van der Waals surface area contributed by atoms with Gasteiger partial charge in [-0.2, -0.15) is 4.31 Å². The lowest BCUT2D eigenvalue weighted by Gasteiger charge is -2.54. The highest BCUT2D eigenvalue weighted by Crippen LogP contribution is 2.33. The van der Waals surface area contributed by atoms with Crippen LogP contribution in [0.5, 0.6) is 0 Å². The Kier molecular flexibility index (Phi) is 9.42. The number of nitrogens with zero attached hydrogens (tertiary/aromatic N) is 3. The molecule has 0 spiro atoms. The first-order valence-corrected chi connectivity index (χ1v) is 16.0. The van der Waals surface area contributed by atoms with Crippen molar-refractivity contribution in [2.45, 2.75) is 56.1 Å². The minimum atomic E-state index is -4.75. The maximum atomic E-state index is 14.9. The van der Waals surface area contributed by atoms with Crippen LogP contribution in [0.25, 0.3) is 0 Å². The zero-order chi connectivity index (χ0) is 32.5. The number of amides is 3. The largest absolute Gasteiger partial charge is 0.445 e. The Morgan fingerprint density at radius 3 is 2.31 bits per heavy atom. The van der Waals surface area contributed by atoms with Gasteiger partial charge in [0, 0.05) is 30.1 Å². The van der Waals surface area contributed by atoms with Gasteiger partial charge in [-0.05, 0) is 49.2 Å². The Bertz CT molecular complexity index is 1690. The number of hydrogen-bond donors (Lipinski definition) is 1. The third kappa shape index (κ3) is 6.80. The number of halogens is 3. The number of hydrogen-bond acceptors (Lipinski definition) is 6. The van der Waals surface area contributed by atoms with Crippen LogP contribution in [0.4, 0.5) is 13.6 Å². The molecule has 2 heterocycles. The fourth-order valence-corrected chi connectivity index (χ4v) is 7.30. The van der Waals surface area contributed by atoms with E-state index in [-0.39, 0.29) is 25.6 Å². The lowest BCUT2D eigenvalue weighted by molar-refractivity contribution is -0.168. The van der Waals surface area contributed by atoms with Gasteiger partial charge >= 0.3 is 6.09 Å². The molecule has 3 unspecified atom stereocenters. The highest BCUT2D eigenvalue weighted by atomic mass is 35.5. The van der Waals surface area contributed by atoms with Crippen molar-refractivity contribution < 1.29 is 36.3 Å². The van der Waals surface area contributed by atoms with Gasteiger partial charge in [0.15, 0.2) is 0 Å². The fraction of sp³-hybridized carbons (Fsp3) is 0.323. The second-order valence-electron chi connectivity index (χ2n) is 11.1. The van der Waals surface area contributed by atoms with Crippen molar-refractivity contribution in [3.05, 3.63) is 101 Å². The van der Waals surface area contributed by atoms with Crippen LogP contribution in [0.2, 0.25) is 5.02 Å². The number of benzene rings is 3. The zero-order valence-corrected chi connectivity index (χ0v) is 26.0. The first-order valence-electron chi connectivity index (χ1n) is 14.2. The Balaban J connectivity index is 1.54. The Labute approximate surface area is 264 Å². The molecule has 45 heavy (non-hydrogen) atoms. The number of ether oxygens (including phenoxy) is 1. The minimum Gasteiger partial charge on any atom is -0.445 e. The van der Waals surface area contributed by atoms with E-state index in [4.69, 9.17) is 16.3 Å². The van der Waals surface area contributed by atoms with Gasteiger partial charge in [0.2, 0.25) is 21.8 Å². The van der Waals surface area contributed by atoms with Crippen LogP contribution in [-0.4, -0.2) is 77.8 Å². The molecule has 1 N–H and O–H groups in total. The molecule has 0 bridgehead atoms. The molecule has 5 rings (SSSR count). The normalized spacial score (nSPS) is 20.7. The molecule has 2 aliphatic heterocycles. The SMILES string of the molecule is CC(C)N1CC2N(C(=O)C(NC(=O)OCc3ccccc3)CN2S(=O)(=O)c2ccc(F)cc2F)C(Cc2ccc(Cl)cc2)C1=O. The van der Waals surface area contributed by atoms with E-state index in [1.54, 1.807) is 68.4 Å². The summed E-state index contributed by atoms with van der Waals surface area (Å²) in [4.78, 5) is 42.6. The van der Waals surface area contributed by atoms with Crippen LogP contribution in [0.3, 0.4) is 0 Å². The second-order valence-corrected chi connectivity index (χ2v) is 13.4. The molecule has 14 heteroatoms. The molecule has 0 aliphatic carbocycles. The molecule has 0 radical (unpaired) electrons. The minimum absolute atomic E-state index is 0.00539. The number of fused-ring (bicyclic) bond motifs is 1. The van der Waals surface area contributed by atoms with E-state index in [1.165, 1.54) is 4.90 Å². The topological polar surface area (TPSA) is 116 Å². The highest BCUT2D eigenvalue weighted by Gasteiger charge is 2.54. The molecular formula is C31H31ClF2N4O6S. The van der Waals surface area contributed by atoms with Gasteiger partial charge in [0.25, 0.3) is 0 Å². The molecular weight excluding hydrogens is 630 g/mol. The predicted octanol–water partition coefficient (Wildman–Crippen LogP) is 3.93. The third-order valence-electron chi connectivity index (χ3n) is 7.78. The fourth-order valence-electron chi connectivity index (χ4n) is 5.54. The maximum Gasteiger partial charge on any atom is 0.408 e. The van der Waals surface area contributed by atoms with Crippen LogP contribution in [0.15, 0.2) is 77.7 Å². The van der Waals surface area contributed by atoms with Gasteiger partial charge in [-0.3, -0.25) is 9.59 Å². The highest BCUT2D eigenvalue weighted by molar-refractivity contribution is 7.89. The average Bonchev–Trinajstić information content (AvgIpc) is 2.99. The Hall–Kier alpha value is -4.07. The molecule has 2 saturated heterocycles. The molecule has 0 saturated carbocycles. The van der Waals surface area contributed by atoms with Crippen LogP contribution >= 0.6 is 11.6 Å². The summed E-state index contributed by atoms with van der Waals surface area (Å²) in [7, 11) is -4.75. The number of carbonyl (C=O) groups is 3. The van der Waals surface area contributed by atoms with Crippen LogP contribution in [-0.2, 0) is 37.4 Å². The van der Waals surface area contributed by atoms with Gasteiger partial charge < -0.3 is 19.9 Å². The van der Waals surface area contributed by atoms with Gasteiger partial charge in [-0.1, -0.05) is 54.1 Å². The molecule has 0 aromatic heterocycles. The predicted molar refractivity (Wildman–Crippen MR) is 160 cm³/mol. The quantitative estimate of drug-likeness (QED) is 0.392. The van der Waals surface area contributed by atoms with E-state index in [9.17, 15) is 31.6 Å². The maximum absolute atomic E-state index is 14.9. The summed E-state index contributed by atoms with van der Waals surface area (Å²) in [5, 5.41) is 2.89. The molecule has 2 fully saturated rings. The van der Waals surface area contributed by atoms with Crippen molar-refractivity contribution in [3.63, 3.8) is 0 Å². The van der Waals surface area contributed by atoms with Gasteiger partial charge in [0.05, 0.1) is 6.54 Å². The summed E-state index contributed by atoms with van der Waals surface area (Å²) < 4.78 is 62.9. The summed E-state index contributed by atoms with van der Waals surface area (Å²) in [6.07, 6.45) is -2.25. The van der Waals surface area contributed by atoms with Crippen molar-refractivity contribution in [3.8, 4) is 0 Å². The van der Waals surface area contributed by atoms with Gasteiger partial charge in [0.1, 0.15) is 41.4 Å². The Morgan fingerprint density at radius 2 is 1.67 bits per heavy atom. The van der Waals surface area contributed by atoms with E-state index in [0.717, 1.165) is 21.3 Å². The van der Waals surface area contributed by atoms with E-state index in [1.807, 2.05) is 0 Å². The molecule has 3 aromatic carbocycles. The van der Waals surface area contributed by atoms with Crippen LogP contribution < -0.4 is 5.32 Å². The van der Waals surface area contributed by atoms with E-state index >= 15 is 0 Å². The van der Waals surface area contributed by atoms with Crippen molar-refractivity contribution >= 4 is 39.5 Å². The molecule has 3 amide bonds. The van der Waals surface area contributed by atoms with Crippen molar-refractivity contribution in [2.24, 2.45) is 0 Å². The molecule has 238 valence electrons. The summed E-state index contributed by atoms with van der Waals surface area (Å²) in [5.74, 6) is -3.43. The van der Waals surface area contributed by atoms with Crippen molar-refractivity contribution in [1.29, 1.82) is 0 Å². The first kappa shape index (κ1) is 32.3. The first-order chi connectivity index (χ1) is 21.4. The molecule has 2 aliphatic rings. The van der Waals surface area contributed by atoms with Gasteiger partial charge in [-0.15, -0.1) is 0 Å². The number of rotatable bonds is 8. The number of sulfonamides is 1. The summed E-state index contributed by atoms with van der Waals surface area (Å²) in [6.45, 7) is 2.58. The number of carbonyl (C=O) groups excluding carboxylic acids is 3. The lowest BCUT2D eigenvalue weighted by Crippen LogP contribution is -2.76. The third-order valence-corrected chi connectivity index (χ3v) is 9.93. The monoisotopic (exact) mass is 660 g/mol. The summed E-state index contributed by atoms with van der Waals surface area (Å²) >= 11 is 6.04. The number of nitrogens with one attached hydrogen (secondary N) is 1. The van der Waals surface area contributed by atoms with Crippen LogP contribution in [0.1, 0.15) is 25.0 Å². The van der Waals surface area contributed by atoms with Crippen molar-refractivity contribution in [2.75, 3.05) is 13.1 Å². The van der Waals surface area contributed by atoms with E-state index in [2.05, 4.69) is 5.32 Å². The smallest absolute Gasteiger partial charge is 0.408 e. The average molecular weight is 661 g/mol. The number of piperazine rings is 1. The standard InChI is InChI=1S/C31H31ClF2N4O6S/c1-19(2)36-17-28-37(45(42,43)27-13-12-23(33)15-24(27)34)16-25(35-31(41)44-18-21-6-4-3-5-7-21)29(39)38(28)26(30(36)40)14-20-8-10-22(32)11-9-20/h3-13,15,19,25-26,28H,14,16-18H2,1-2H3,(H,35,41). The molecule has 10 nitrogen and oxygen atoms in total. The van der Waals surface area contributed by atoms with E-state index in [0.29, 0.717) is 22.2 Å².